The Morgan fingerprint density at radius 3 is 2.24 bits per heavy atom. The lowest BCUT2D eigenvalue weighted by atomic mass is 9.82. The molecule has 1 aliphatic heterocycles. The monoisotopic (exact) mass is 586 g/mol. The fraction of sp³-hybridized carbons (Fsp3) is 0.455. The third kappa shape index (κ3) is 7.02. The average molecular weight is 587 g/mol. The highest BCUT2D eigenvalue weighted by Gasteiger charge is 2.24. The molecule has 2 heterocycles. The first-order chi connectivity index (χ1) is 20.5. The van der Waals surface area contributed by atoms with Crippen molar-refractivity contribution in [3.63, 3.8) is 0 Å². The minimum absolute atomic E-state index is 0.346. The highest BCUT2D eigenvalue weighted by Crippen LogP contribution is 2.30. The zero-order valence-electron chi connectivity index (χ0n) is 24.3. The molecule has 2 aliphatic rings. The predicted octanol–water partition coefficient (Wildman–Crippen LogP) is 5.88. The summed E-state index contributed by atoms with van der Waals surface area (Å²) in [5.74, 6) is 2.42. The maximum atomic E-state index is 13.1. The quantitative estimate of drug-likeness (QED) is 0.202. The van der Waals surface area contributed by atoms with Gasteiger partial charge in [0.2, 0.25) is 16.0 Å². The Balaban J connectivity index is 1.00. The first-order valence-corrected chi connectivity index (χ1v) is 17.0. The number of benzene rings is 3. The minimum atomic E-state index is -3.57. The van der Waals surface area contributed by atoms with Crippen LogP contribution in [0.2, 0.25) is 0 Å². The van der Waals surface area contributed by atoms with Crippen LogP contribution >= 0.6 is 0 Å². The number of nitrogens with one attached hydrogen (secondary N) is 3. The van der Waals surface area contributed by atoms with Crippen molar-refractivity contribution < 1.29 is 8.42 Å². The van der Waals surface area contributed by atoms with E-state index in [-0.39, 0.29) is 0 Å². The van der Waals surface area contributed by atoms with Crippen LogP contribution in [0.4, 0.5) is 11.8 Å². The second-order valence-corrected chi connectivity index (χ2v) is 13.6. The summed E-state index contributed by atoms with van der Waals surface area (Å²) in [6, 6.07) is 21.3. The van der Waals surface area contributed by atoms with E-state index in [4.69, 9.17) is 9.97 Å². The summed E-state index contributed by atoms with van der Waals surface area (Å²) in [5.41, 5.74) is 0.942. The molecule has 1 aliphatic carbocycles. The van der Waals surface area contributed by atoms with E-state index in [1.807, 2.05) is 54.6 Å². The molecule has 6 rings (SSSR count). The van der Waals surface area contributed by atoms with E-state index in [1.165, 1.54) is 32.4 Å². The smallest absolute Gasteiger partial charge is 0.241 e. The Hall–Kier alpha value is -3.27. The van der Waals surface area contributed by atoms with Crippen LogP contribution in [0.25, 0.3) is 21.7 Å². The lowest BCUT2D eigenvalue weighted by Crippen LogP contribution is -2.33. The summed E-state index contributed by atoms with van der Waals surface area (Å²) in [6.07, 6.45) is 8.07. The number of anilines is 2. The molecule has 9 heteroatoms. The van der Waals surface area contributed by atoms with E-state index in [1.54, 1.807) is 6.07 Å². The van der Waals surface area contributed by atoms with Gasteiger partial charge in [-0.15, -0.1) is 0 Å². The number of piperidine rings is 1. The number of hydrogen-bond acceptors (Lipinski definition) is 7. The number of nitrogens with zero attached hydrogens (tertiary/aromatic N) is 3. The predicted molar refractivity (Wildman–Crippen MR) is 171 cm³/mol. The summed E-state index contributed by atoms with van der Waals surface area (Å²) in [7, 11) is -3.57. The maximum Gasteiger partial charge on any atom is 0.241 e. The lowest BCUT2D eigenvalue weighted by Gasteiger charge is -2.29. The van der Waals surface area contributed by atoms with Crippen LogP contribution in [0.5, 0.6) is 0 Å². The molecule has 42 heavy (non-hydrogen) atoms. The molecule has 1 saturated heterocycles. The number of likely N-dealkylation sites (tertiary alicyclic amines) is 1. The zero-order chi connectivity index (χ0) is 28.8. The van der Waals surface area contributed by atoms with Gasteiger partial charge in [0.15, 0.2) is 0 Å². The number of rotatable bonds is 11. The van der Waals surface area contributed by atoms with Crippen LogP contribution in [-0.4, -0.2) is 62.6 Å². The fourth-order valence-corrected chi connectivity index (χ4v) is 7.76. The fourth-order valence-electron chi connectivity index (χ4n) is 6.42. The normalized spacial score (nSPS) is 20.1. The maximum absolute atomic E-state index is 13.1. The molecule has 0 unspecified atom stereocenters. The van der Waals surface area contributed by atoms with Crippen LogP contribution in [0.3, 0.4) is 0 Å². The van der Waals surface area contributed by atoms with Crippen LogP contribution in [0, 0.1) is 11.8 Å². The first kappa shape index (κ1) is 28.8. The summed E-state index contributed by atoms with van der Waals surface area (Å²) < 4.78 is 29.2. The summed E-state index contributed by atoms with van der Waals surface area (Å²) >= 11 is 0. The number of para-hydroxylation sites is 1. The van der Waals surface area contributed by atoms with Crippen LogP contribution in [0.1, 0.15) is 44.9 Å². The second-order valence-electron chi connectivity index (χ2n) is 11.8. The molecular weight excluding hydrogens is 544 g/mol. The van der Waals surface area contributed by atoms with E-state index in [9.17, 15) is 8.42 Å². The van der Waals surface area contributed by atoms with E-state index in [2.05, 4.69) is 26.3 Å². The van der Waals surface area contributed by atoms with Crippen molar-refractivity contribution in [2.75, 3.05) is 49.9 Å². The van der Waals surface area contributed by atoms with E-state index < -0.39 is 10.0 Å². The SMILES string of the molecule is O=S(=O)(NCC1CCC(CNc2nc(NCCN3CCCCC3)c3ccccc3n2)CC1)c1cccc2ccccc12. The minimum Gasteiger partial charge on any atom is -0.368 e. The van der Waals surface area contributed by atoms with Crippen LogP contribution in [0.15, 0.2) is 71.6 Å². The van der Waals surface area contributed by atoms with Gasteiger partial charge in [0.1, 0.15) is 5.82 Å². The first-order valence-electron chi connectivity index (χ1n) is 15.5. The molecule has 1 aromatic heterocycles. The van der Waals surface area contributed by atoms with Gasteiger partial charge in [0.05, 0.1) is 10.4 Å². The van der Waals surface area contributed by atoms with Crippen molar-refractivity contribution in [3.8, 4) is 0 Å². The molecule has 3 aromatic carbocycles. The lowest BCUT2D eigenvalue weighted by molar-refractivity contribution is 0.237. The molecule has 222 valence electrons. The van der Waals surface area contributed by atoms with Gasteiger partial charge in [-0.25, -0.2) is 18.1 Å². The topological polar surface area (TPSA) is 99.2 Å². The summed E-state index contributed by atoms with van der Waals surface area (Å²) in [5, 5.41) is 9.84. The van der Waals surface area contributed by atoms with Gasteiger partial charge in [0, 0.05) is 37.0 Å². The van der Waals surface area contributed by atoms with Crippen molar-refractivity contribution in [1.82, 2.24) is 19.6 Å². The average Bonchev–Trinajstić information content (AvgIpc) is 3.03. The summed E-state index contributed by atoms with van der Waals surface area (Å²) in [6.45, 7) is 5.58. The highest BCUT2D eigenvalue weighted by atomic mass is 32.2. The van der Waals surface area contributed by atoms with Crippen LogP contribution in [-0.2, 0) is 10.0 Å². The van der Waals surface area contributed by atoms with Gasteiger partial charge >= 0.3 is 0 Å². The van der Waals surface area contributed by atoms with E-state index >= 15 is 0 Å². The molecule has 8 nitrogen and oxygen atoms in total. The van der Waals surface area contributed by atoms with Crippen molar-refractivity contribution in [3.05, 3.63) is 66.7 Å². The molecular formula is C33H42N6O2S. The second kappa shape index (κ2) is 13.4. The van der Waals surface area contributed by atoms with Gasteiger partial charge < -0.3 is 15.5 Å². The van der Waals surface area contributed by atoms with Gasteiger partial charge in [-0.05, 0) is 87.0 Å². The largest absolute Gasteiger partial charge is 0.368 e. The van der Waals surface area contributed by atoms with Gasteiger partial charge in [-0.2, -0.15) is 4.98 Å². The van der Waals surface area contributed by atoms with Gasteiger partial charge in [0.25, 0.3) is 0 Å². The van der Waals surface area contributed by atoms with Crippen molar-refractivity contribution in [1.29, 1.82) is 0 Å². The third-order valence-electron chi connectivity index (χ3n) is 8.89. The molecule has 3 N–H and O–H groups in total. The number of sulfonamides is 1. The molecule has 2 fully saturated rings. The number of hydrogen-bond donors (Lipinski definition) is 3. The Labute approximate surface area is 249 Å². The standard InChI is InChI=1S/C33H42N6O2S/c40-42(41,31-14-8-10-27-9-2-3-11-28(27)31)36-24-26-17-15-25(16-18-26)23-35-33-37-30-13-5-4-12-29(30)32(38-33)34-19-22-39-20-6-1-7-21-39/h2-5,8-14,25-26,36H,1,6-7,15-24H2,(H2,34,35,37,38). The zero-order valence-corrected chi connectivity index (χ0v) is 25.1. The molecule has 0 bridgehead atoms. The van der Waals surface area contributed by atoms with Crippen molar-refractivity contribution in [2.24, 2.45) is 11.8 Å². The highest BCUT2D eigenvalue weighted by molar-refractivity contribution is 7.89. The van der Waals surface area contributed by atoms with E-state index in [0.717, 1.165) is 72.8 Å². The molecule has 0 amide bonds. The van der Waals surface area contributed by atoms with Crippen molar-refractivity contribution in [2.45, 2.75) is 49.8 Å². The Morgan fingerprint density at radius 2 is 1.43 bits per heavy atom. The molecule has 1 saturated carbocycles. The van der Waals surface area contributed by atoms with Crippen LogP contribution < -0.4 is 15.4 Å². The summed E-state index contributed by atoms with van der Waals surface area (Å²) in [4.78, 5) is 12.5. The Kier molecular flexibility index (Phi) is 9.17. The Bertz CT molecular complexity index is 1590. The molecule has 0 radical (unpaired) electrons. The molecule has 0 atom stereocenters. The van der Waals surface area contributed by atoms with Gasteiger partial charge in [-0.1, -0.05) is 55.0 Å². The molecule has 4 aromatic rings. The molecule has 0 spiro atoms. The van der Waals surface area contributed by atoms with Crippen molar-refractivity contribution >= 4 is 43.5 Å². The van der Waals surface area contributed by atoms with E-state index in [0.29, 0.717) is 29.2 Å². The van der Waals surface area contributed by atoms with Gasteiger partial charge in [-0.3, -0.25) is 0 Å². The Morgan fingerprint density at radius 1 is 0.738 bits per heavy atom. The number of aromatic nitrogens is 2. The third-order valence-corrected chi connectivity index (χ3v) is 10.4. The number of fused-ring (bicyclic) bond motifs is 2.